The van der Waals surface area contributed by atoms with Gasteiger partial charge in [0, 0.05) is 31.4 Å². The molecule has 4 aromatic heterocycles. The van der Waals surface area contributed by atoms with Crippen molar-refractivity contribution in [2.75, 3.05) is 13.1 Å². The van der Waals surface area contributed by atoms with E-state index in [1.54, 1.807) is 22.0 Å². The molecule has 0 spiro atoms. The van der Waals surface area contributed by atoms with Crippen LogP contribution in [0.5, 0.6) is 0 Å². The predicted molar refractivity (Wildman–Crippen MR) is 145 cm³/mol. The van der Waals surface area contributed by atoms with Gasteiger partial charge in [0.25, 0.3) is 11.5 Å². The molecule has 202 valence electrons. The summed E-state index contributed by atoms with van der Waals surface area (Å²) in [5.41, 5.74) is 1.83. The zero-order valence-electron chi connectivity index (χ0n) is 21.7. The van der Waals surface area contributed by atoms with Crippen LogP contribution in [0.25, 0.3) is 27.8 Å². The van der Waals surface area contributed by atoms with Gasteiger partial charge in [0.1, 0.15) is 11.7 Å². The maximum absolute atomic E-state index is 13.3. The van der Waals surface area contributed by atoms with Crippen LogP contribution in [0.2, 0.25) is 0 Å². The average molecular weight is 538 g/mol. The van der Waals surface area contributed by atoms with Gasteiger partial charge in [-0.25, -0.2) is 14.6 Å². The van der Waals surface area contributed by atoms with E-state index in [0.29, 0.717) is 48.8 Å². The molecule has 7 rings (SSSR count). The lowest BCUT2D eigenvalue weighted by atomic mass is 9.91. The summed E-state index contributed by atoms with van der Waals surface area (Å²) in [5.74, 6) is 0.982. The lowest BCUT2D eigenvalue weighted by Gasteiger charge is -2.38. The first-order valence-electron chi connectivity index (χ1n) is 13.4. The molecule has 1 aromatic carbocycles. The molecule has 1 amide bonds. The SMILES string of the molecule is O=C(c1cnc(C2CC2)o1)N1CCC(O)(Cn2cnc3c(cnn3-c3ccc(-c4cccnc4)cc3)c2=O)CC1. The second kappa shape index (κ2) is 9.53. The number of amides is 1. The molecular formula is C29H27N7O4. The highest BCUT2D eigenvalue weighted by Crippen LogP contribution is 2.39. The molecule has 11 heteroatoms. The highest BCUT2D eigenvalue weighted by atomic mass is 16.4. The summed E-state index contributed by atoms with van der Waals surface area (Å²) in [5, 5.41) is 16.1. The monoisotopic (exact) mass is 537 g/mol. The summed E-state index contributed by atoms with van der Waals surface area (Å²) in [7, 11) is 0. The van der Waals surface area contributed by atoms with Crippen LogP contribution in [0.15, 0.2) is 76.7 Å². The topological polar surface area (TPSA) is 132 Å². The molecule has 40 heavy (non-hydrogen) atoms. The lowest BCUT2D eigenvalue weighted by molar-refractivity contribution is -0.0304. The number of aliphatic hydroxyl groups is 1. The fraction of sp³-hybridized carbons (Fsp3) is 0.310. The maximum Gasteiger partial charge on any atom is 0.291 e. The Hall–Kier alpha value is -4.64. The van der Waals surface area contributed by atoms with Crippen LogP contribution in [0.4, 0.5) is 0 Å². The number of benzene rings is 1. The zero-order chi connectivity index (χ0) is 27.3. The molecule has 0 unspecified atom stereocenters. The Bertz CT molecular complexity index is 1740. The fourth-order valence-corrected chi connectivity index (χ4v) is 5.24. The number of rotatable bonds is 6. The van der Waals surface area contributed by atoms with Crippen LogP contribution in [0.1, 0.15) is 48.0 Å². The van der Waals surface area contributed by atoms with Crippen molar-refractivity contribution in [1.29, 1.82) is 0 Å². The molecule has 0 radical (unpaired) electrons. The summed E-state index contributed by atoms with van der Waals surface area (Å²) in [6.07, 6.45) is 10.7. The summed E-state index contributed by atoms with van der Waals surface area (Å²) in [6, 6.07) is 11.7. The lowest BCUT2D eigenvalue weighted by Crippen LogP contribution is -2.49. The standard InChI is InChI=1S/C29H27N7O4/c37-27-23-15-33-36(22-7-5-19(6-8-22)21-2-1-11-30-14-21)25(23)32-18-35(27)17-29(39)9-12-34(13-10-29)28(38)24-16-31-26(40-24)20-3-4-20/h1-2,5-8,11,14-16,18,20,39H,3-4,9-10,12-13,17H2. The highest BCUT2D eigenvalue weighted by molar-refractivity contribution is 5.91. The van der Waals surface area contributed by atoms with Gasteiger partial charge in [0.2, 0.25) is 5.76 Å². The largest absolute Gasteiger partial charge is 0.435 e. The van der Waals surface area contributed by atoms with Crippen molar-refractivity contribution < 1.29 is 14.3 Å². The normalized spacial score (nSPS) is 16.9. The van der Waals surface area contributed by atoms with Gasteiger partial charge in [0.05, 0.1) is 30.2 Å². The number of piperidine rings is 1. The quantitative estimate of drug-likeness (QED) is 0.349. The van der Waals surface area contributed by atoms with Gasteiger partial charge in [-0.1, -0.05) is 18.2 Å². The summed E-state index contributed by atoms with van der Waals surface area (Å²) >= 11 is 0. The van der Waals surface area contributed by atoms with Gasteiger partial charge in [-0.2, -0.15) is 5.10 Å². The number of oxazole rings is 1. The summed E-state index contributed by atoms with van der Waals surface area (Å²) < 4.78 is 8.71. The second-order valence-corrected chi connectivity index (χ2v) is 10.6. The highest BCUT2D eigenvalue weighted by Gasteiger charge is 2.36. The molecule has 5 heterocycles. The van der Waals surface area contributed by atoms with Crippen molar-refractivity contribution in [3.63, 3.8) is 0 Å². The Morgan fingerprint density at radius 1 is 1.02 bits per heavy atom. The fourth-order valence-electron chi connectivity index (χ4n) is 5.24. The minimum Gasteiger partial charge on any atom is -0.435 e. The Morgan fingerprint density at radius 3 is 2.55 bits per heavy atom. The third-order valence-corrected chi connectivity index (χ3v) is 7.77. The van der Waals surface area contributed by atoms with Crippen LogP contribution in [-0.4, -0.2) is 63.9 Å². The molecule has 2 fully saturated rings. The Kier molecular flexibility index (Phi) is 5.81. The molecule has 1 saturated carbocycles. The van der Waals surface area contributed by atoms with Gasteiger partial charge in [0.15, 0.2) is 11.5 Å². The second-order valence-electron chi connectivity index (χ2n) is 10.6. The molecule has 1 saturated heterocycles. The number of hydrogen-bond acceptors (Lipinski definition) is 8. The van der Waals surface area contributed by atoms with Crippen molar-refractivity contribution in [2.24, 2.45) is 0 Å². The van der Waals surface area contributed by atoms with Crippen molar-refractivity contribution in [3.05, 3.63) is 89.5 Å². The summed E-state index contributed by atoms with van der Waals surface area (Å²) in [6.45, 7) is 0.786. The van der Waals surface area contributed by atoms with Crippen molar-refractivity contribution >= 4 is 16.9 Å². The van der Waals surface area contributed by atoms with E-state index in [4.69, 9.17) is 4.42 Å². The van der Waals surface area contributed by atoms with Gasteiger partial charge < -0.3 is 14.4 Å². The van der Waals surface area contributed by atoms with Crippen molar-refractivity contribution in [2.45, 2.75) is 43.7 Å². The minimum absolute atomic E-state index is 0.0793. The zero-order valence-corrected chi connectivity index (χ0v) is 21.7. The number of carbonyl (C=O) groups excluding carboxylic acids is 1. The van der Waals surface area contributed by atoms with Crippen molar-refractivity contribution in [1.82, 2.24) is 34.2 Å². The van der Waals surface area contributed by atoms with Gasteiger partial charge in [-0.05, 0) is 55.0 Å². The Morgan fingerprint density at radius 2 is 1.82 bits per heavy atom. The molecule has 11 nitrogen and oxygen atoms in total. The number of hydrogen-bond donors (Lipinski definition) is 1. The smallest absolute Gasteiger partial charge is 0.291 e. The van der Waals surface area contributed by atoms with Crippen LogP contribution >= 0.6 is 0 Å². The third-order valence-electron chi connectivity index (χ3n) is 7.77. The molecule has 2 aliphatic rings. The number of aromatic nitrogens is 6. The maximum atomic E-state index is 13.3. The first kappa shape index (κ1) is 24.4. The van der Waals surface area contributed by atoms with Crippen LogP contribution in [0.3, 0.4) is 0 Å². The molecule has 0 atom stereocenters. The van der Waals surface area contributed by atoms with Crippen LogP contribution < -0.4 is 5.56 Å². The number of likely N-dealkylation sites (tertiary alicyclic amines) is 1. The van der Waals surface area contributed by atoms with Gasteiger partial charge in [-0.15, -0.1) is 0 Å². The van der Waals surface area contributed by atoms with Gasteiger partial charge >= 0.3 is 0 Å². The van der Waals surface area contributed by atoms with Crippen LogP contribution in [0, 0.1) is 0 Å². The first-order chi connectivity index (χ1) is 19.5. The van der Waals surface area contributed by atoms with E-state index in [1.165, 1.54) is 23.3 Å². The first-order valence-corrected chi connectivity index (χ1v) is 13.4. The number of nitrogens with zero attached hydrogens (tertiary/aromatic N) is 7. The molecular weight excluding hydrogens is 510 g/mol. The Balaban J connectivity index is 1.05. The number of carbonyl (C=O) groups is 1. The minimum atomic E-state index is -1.14. The predicted octanol–water partition coefficient (Wildman–Crippen LogP) is 3.18. The van der Waals surface area contributed by atoms with E-state index in [0.717, 1.165) is 29.7 Å². The van der Waals surface area contributed by atoms with E-state index in [9.17, 15) is 14.7 Å². The van der Waals surface area contributed by atoms with E-state index < -0.39 is 5.60 Å². The van der Waals surface area contributed by atoms with Crippen LogP contribution in [-0.2, 0) is 6.54 Å². The van der Waals surface area contributed by atoms with Crippen molar-refractivity contribution in [3.8, 4) is 16.8 Å². The van der Waals surface area contributed by atoms with E-state index in [1.807, 2.05) is 36.4 Å². The average Bonchev–Trinajstić information content (AvgIpc) is 3.55. The molecule has 1 aliphatic heterocycles. The molecule has 1 aliphatic carbocycles. The van der Waals surface area contributed by atoms with E-state index >= 15 is 0 Å². The third kappa shape index (κ3) is 4.47. The Labute approximate surface area is 228 Å². The number of fused-ring (bicyclic) bond motifs is 1. The van der Waals surface area contributed by atoms with E-state index in [-0.39, 0.29) is 23.8 Å². The van der Waals surface area contributed by atoms with E-state index in [2.05, 4.69) is 20.1 Å². The summed E-state index contributed by atoms with van der Waals surface area (Å²) in [4.78, 5) is 40.8. The van der Waals surface area contributed by atoms with Gasteiger partial charge in [-0.3, -0.25) is 19.1 Å². The molecule has 0 bridgehead atoms. The number of pyridine rings is 1. The molecule has 5 aromatic rings. The molecule has 1 N–H and O–H groups in total.